The van der Waals surface area contributed by atoms with Gasteiger partial charge in [0.25, 0.3) is 5.91 Å². The lowest BCUT2D eigenvalue weighted by Crippen LogP contribution is -2.26. The third-order valence-electron chi connectivity index (χ3n) is 4.30. The Labute approximate surface area is 157 Å². The summed E-state index contributed by atoms with van der Waals surface area (Å²) in [5, 5.41) is 4.02. The molecule has 4 aromatic rings. The molecule has 4 nitrogen and oxygen atoms in total. The quantitative estimate of drug-likeness (QED) is 0.477. The van der Waals surface area contributed by atoms with Crippen LogP contribution in [0.15, 0.2) is 95.5 Å². The average molecular weight is 354 g/mol. The van der Waals surface area contributed by atoms with E-state index in [2.05, 4.69) is 5.16 Å². The van der Waals surface area contributed by atoms with Crippen molar-refractivity contribution in [1.82, 2.24) is 5.16 Å². The van der Waals surface area contributed by atoms with Crippen molar-refractivity contribution < 1.29 is 9.32 Å². The van der Waals surface area contributed by atoms with Crippen molar-refractivity contribution in [2.75, 3.05) is 4.90 Å². The predicted octanol–water partition coefficient (Wildman–Crippen LogP) is 5.63. The van der Waals surface area contributed by atoms with E-state index in [0.717, 1.165) is 22.5 Å². The largest absolute Gasteiger partial charge is 0.355 e. The zero-order valence-corrected chi connectivity index (χ0v) is 14.9. The molecule has 0 N–H and O–H groups in total. The van der Waals surface area contributed by atoms with Crippen molar-refractivity contribution in [2.24, 2.45) is 0 Å². The van der Waals surface area contributed by atoms with Gasteiger partial charge >= 0.3 is 0 Å². The van der Waals surface area contributed by atoms with Crippen LogP contribution in [0, 0.1) is 6.92 Å². The van der Waals surface area contributed by atoms with E-state index < -0.39 is 0 Å². The van der Waals surface area contributed by atoms with Gasteiger partial charge < -0.3 is 4.52 Å². The Hall–Kier alpha value is -3.66. The standard InChI is InChI=1S/C23H18N2O2/c1-17-12-14-18(15-13-17)22-16-21(24-27-22)23(26)25(19-8-4-2-5-9-19)20-10-6-3-7-11-20/h2-16H,1H3. The Morgan fingerprint density at radius 2 is 1.37 bits per heavy atom. The highest BCUT2D eigenvalue weighted by atomic mass is 16.5. The SMILES string of the molecule is Cc1ccc(-c2cc(C(=O)N(c3ccccc3)c3ccccc3)no2)cc1. The summed E-state index contributed by atoms with van der Waals surface area (Å²) in [7, 11) is 0. The van der Waals surface area contributed by atoms with Gasteiger partial charge in [-0.1, -0.05) is 71.4 Å². The van der Waals surface area contributed by atoms with E-state index >= 15 is 0 Å². The van der Waals surface area contributed by atoms with E-state index in [0.29, 0.717) is 5.76 Å². The Morgan fingerprint density at radius 1 is 0.815 bits per heavy atom. The lowest BCUT2D eigenvalue weighted by Gasteiger charge is -2.21. The second-order valence-electron chi connectivity index (χ2n) is 6.25. The van der Waals surface area contributed by atoms with Gasteiger partial charge in [-0.15, -0.1) is 0 Å². The van der Waals surface area contributed by atoms with E-state index in [4.69, 9.17) is 4.52 Å². The van der Waals surface area contributed by atoms with E-state index in [-0.39, 0.29) is 11.6 Å². The van der Waals surface area contributed by atoms with Crippen LogP contribution in [-0.4, -0.2) is 11.1 Å². The zero-order valence-electron chi connectivity index (χ0n) is 14.9. The van der Waals surface area contributed by atoms with Gasteiger partial charge in [0.2, 0.25) is 0 Å². The molecular formula is C23H18N2O2. The number of hydrogen-bond donors (Lipinski definition) is 0. The van der Waals surface area contributed by atoms with Crippen LogP contribution in [0.5, 0.6) is 0 Å². The first-order valence-corrected chi connectivity index (χ1v) is 8.71. The fourth-order valence-electron chi connectivity index (χ4n) is 2.88. The first-order valence-electron chi connectivity index (χ1n) is 8.71. The molecule has 3 aromatic carbocycles. The summed E-state index contributed by atoms with van der Waals surface area (Å²) >= 11 is 0. The minimum absolute atomic E-state index is 0.241. The van der Waals surface area contributed by atoms with Crippen molar-refractivity contribution >= 4 is 17.3 Å². The number of aromatic nitrogens is 1. The second kappa shape index (κ2) is 7.30. The molecule has 0 unspecified atom stereocenters. The van der Waals surface area contributed by atoms with Gasteiger partial charge in [-0.3, -0.25) is 9.69 Å². The van der Waals surface area contributed by atoms with Crippen molar-refractivity contribution in [3.8, 4) is 11.3 Å². The van der Waals surface area contributed by atoms with Crippen LogP contribution in [0.2, 0.25) is 0 Å². The van der Waals surface area contributed by atoms with Crippen LogP contribution < -0.4 is 4.90 Å². The molecule has 1 heterocycles. The van der Waals surface area contributed by atoms with Crippen LogP contribution in [0.4, 0.5) is 11.4 Å². The summed E-state index contributed by atoms with van der Waals surface area (Å²) in [6, 6.07) is 28.6. The number of hydrogen-bond acceptors (Lipinski definition) is 3. The highest BCUT2D eigenvalue weighted by Crippen LogP contribution is 2.28. The molecule has 0 radical (unpaired) electrons. The fourth-order valence-corrected chi connectivity index (χ4v) is 2.88. The van der Waals surface area contributed by atoms with Gasteiger partial charge in [0.05, 0.1) is 0 Å². The zero-order chi connectivity index (χ0) is 18.6. The topological polar surface area (TPSA) is 46.3 Å². The van der Waals surface area contributed by atoms with E-state index in [1.54, 1.807) is 11.0 Å². The highest BCUT2D eigenvalue weighted by molar-refractivity contribution is 6.10. The number of carbonyl (C=O) groups excluding carboxylic acids is 1. The monoisotopic (exact) mass is 354 g/mol. The number of carbonyl (C=O) groups is 1. The van der Waals surface area contributed by atoms with Crippen LogP contribution in [-0.2, 0) is 0 Å². The highest BCUT2D eigenvalue weighted by Gasteiger charge is 2.23. The third-order valence-corrected chi connectivity index (χ3v) is 4.30. The molecule has 1 aromatic heterocycles. The maximum Gasteiger partial charge on any atom is 0.285 e. The minimum atomic E-state index is -0.241. The Bertz CT molecular complexity index is 999. The molecule has 0 aliphatic rings. The summed E-state index contributed by atoms with van der Waals surface area (Å²) in [6.07, 6.45) is 0. The van der Waals surface area contributed by atoms with Crippen LogP contribution in [0.25, 0.3) is 11.3 Å². The number of aryl methyl sites for hydroxylation is 1. The number of benzene rings is 3. The molecule has 0 aliphatic carbocycles. The maximum atomic E-state index is 13.2. The number of rotatable bonds is 4. The Balaban J connectivity index is 1.71. The molecule has 0 saturated heterocycles. The van der Waals surface area contributed by atoms with Crippen LogP contribution in [0.1, 0.15) is 16.1 Å². The van der Waals surface area contributed by atoms with Crippen molar-refractivity contribution in [2.45, 2.75) is 6.92 Å². The molecule has 0 spiro atoms. The first-order chi connectivity index (χ1) is 13.2. The summed E-state index contributed by atoms with van der Waals surface area (Å²) < 4.78 is 5.44. The fraction of sp³-hybridized carbons (Fsp3) is 0.0435. The third kappa shape index (κ3) is 3.51. The molecule has 132 valence electrons. The lowest BCUT2D eigenvalue weighted by molar-refractivity contribution is 0.0990. The van der Waals surface area contributed by atoms with E-state index in [9.17, 15) is 4.79 Å². The lowest BCUT2D eigenvalue weighted by atomic mass is 10.1. The molecule has 0 bridgehead atoms. The van der Waals surface area contributed by atoms with Gasteiger partial charge in [0.15, 0.2) is 11.5 Å². The Kier molecular flexibility index (Phi) is 4.54. The molecule has 0 saturated carbocycles. The molecule has 0 fully saturated rings. The molecule has 1 amide bonds. The number of anilines is 2. The van der Waals surface area contributed by atoms with Gasteiger partial charge in [-0.2, -0.15) is 0 Å². The predicted molar refractivity (Wildman–Crippen MR) is 106 cm³/mol. The van der Waals surface area contributed by atoms with Crippen LogP contribution in [0.3, 0.4) is 0 Å². The van der Waals surface area contributed by atoms with Crippen molar-refractivity contribution in [3.63, 3.8) is 0 Å². The molecule has 27 heavy (non-hydrogen) atoms. The number of nitrogens with zero attached hydrogens (tertiary/aromatic N) is 2. The van der Waals surface area contributed by atoms with Crippen molar-refractivity contribution in [3.05, 3.63) is 102 Å². The molecule has 0 atom stereocenters. The summed E-state index contributed by atoms with van der Waals surface area (Å²) in [5.74, 6) is 0.328. The first kappa shape index (κ1) is 16.8. The van der Waals surface area contributed by atoms with Crippen molar-refractivity contribution in [1.29, 1.82) is 0 Å². The minimum Gasteiger partial charge on any atom is -0.355 e. The van der Waals surface area contributed by atoms with E-state index in [1.165, 1.54) is 0 Å². The molecular weight excluding hydrogens is 336 g/mol. The van der Waals surface area contributed by atoms with Gasteiger partial charge in [0.1, 0.15) is 0 Å². The normalized spacial score (nSPS) is 10.6. The summed E-state index contributed by atoms with van der Waals surface area (Å²) in [4.78, 5) is 14.9. The van der Waals surface area contributed by atoms with E-state index in [1.807, 2.05) is 91.9 Å². The number of amides is 1. The Morgan fingerprint density at radius 3 is 1.93 bits per heavy atom. The second-order valence-corrected chi connectivity index (χ2v) is 6.25. The molecule has 4 heteroatoms. The maximum absolute atomic E-state index is 13.2. The van der Waals surface area contributed by atoms with Gasteiger partial charge in [0, 0.05) is 23.0 Å². The number of para-hydroxylation sites is 2. The van der Waals surface area contributed by atoms with Crippen LogP contribution >= 0.6 is 0 Å². The average Bonchev–Trinajstić information content (AvgIpc) is 3.21. The smallest absolute Gasteiger partial charge is 0.285 e. The van der Waals surface area contributed by atoms with Gasteiger partial charge in [-0.25, -0.2) is 0 Å². The molecule has 0 aliphatic heterocycles. The molecule has 4 rings (SSSR count). The van der Waals surface area contributed by atoms with Gasteiger partial charge in [-0.05, 0) is 31.2 Å². The summed E-state index contributed by atoms with van der Waals surface area (Å²) in [6.45, 7) is 2.02. The summed E-state index contributed by atoms with van der Waals surface area (Å²) in [5.41, 5.74) is 3.85.